The molecule has 0 saturated heterocycles. The molecule has 2 aromatic carbocycles. The zero-order chi connectivity index (χ0) is 15.4. The minimum atomic E-state index is -0.563. The van der Waals surface area contributed by atoms with Crippen molar-refractivity contribution >= 4 is 11.6 Å². The van der Waals surface area contributed by atoms with E-state index >= 15 is 0 Å². The fraction of sp³-hybridized carbons (Fsp3) is 0.235. The fourth-order valence-electron chi connectivity index (χ4n) is 2.20. The highest BCUT2D eigenvalue weighted by atomic mass is 19.1. The first-order valence-electron chi connectivity index (χ1n) is 6.91. The second kappa shape index (κ2) is 6.39. The zero-order valence-electron chi connectivity index (χ0n) is 12.3. The van der Waals surface area contributed by atoms with Gasteiger partial charge in [0.05, 0.1) is 5.69 Å². The Morgan fingerprint density at radius 2 is 2.00 bits per heavy atom. The van der Waals surface area contributed by atoms with E-state index in [1.165, 1.54) is 12.1 Å². The van der Waals surface area contributed by atoms with Crippen molar-refractivity contribution < 1.29 is 9.18 Å². The van der Waals surface area contributed by atoms with E-state index in [1.54, 1.807) is 11.0 Å². The molecule has 0 spiro atoms. The molecule has 2 rings (SSSR count). The molecule has 0 saturated carbocycles. The quantitative estimate of drug-likeness (QED) is 0.876. The third kappa shape index (κ3) is 3.60. The molecule has 3 nitrogen and oxygen atoms in total. The van der Waals surface area contributed by atoms with Crippen LogP contribution in [-0.2, 0) is 6.54 Å². The summed E-state index contributed by atoms with van der Waals surface area (Å²) in [6.45, 7) is 4.97. The normalized spacial score (nSPS) is 10.4. The fourth-order valence-corrected chi connectivity index (χ4v) is 2.20. The number of rotatable bonds is 4. The highest BCUT2D eigenvalue weighted by Gasteiger charge is 2.16. The van der Waals surface area contributed by atoms with Crippen molar-refractivity contribution in [3.63, 3.8) is 0 Å². The summed E-state index contributed by atoms with van der Waals surface area (Å²) < 4.78 is 13.5. The largest absolute Gasteiger partial charge is 0.396 e. The monoisotopic (exact) mass is 286 g/mol. The first-order valence-corrected chi connectivity index (χ1v) is 6.91. The molecule has 21 heavy (non-hydrogen) atoms. The van der Waals surface area contributed by atoms with E-state index in [1.807, 2.05) is 38.1 Å². The number of anilines is 1. The van der Waals surface area contributed by atoms with Crippen molar-refractivity contribution in [2.45, 2.75) is 20.4 Å². The van der Waals surface area contributed by atoms with Gasteiger partial charge < -0.3 is 10.6 Å². The molecule has 0 aliphatic carbocycles. The highest BCUT2D eigenvalue weighted by molar-refractivity contribution is 5.94. The van der Waals surface area contributed by atoms with Crippen LogP contribution in [0, 0.1) is 12.7 Å². The van der Waals surface area contributed by atoms with Gasteiger partial charge in [0.2, 0.25) is 0 Å². The Hall–Kier alpha value is -2.36. The topological polar surface area (TPSA) is 46.3 Å². The molecule has 0 atom stereocenters. The van der Waals surface area contributed by atoms with Crippen molar-refractivity contribution in [2.75, 3.05) is 12.3 Å². The zero-order valence-corrected chi connectivity index (χ0v) is 12.3. The minimum absolute atomic E-state index is 0.0493. The Morgan fingerprint density at radius 3 is 2.62 bits per heavy atom. The summed E-state index contributed by atoms with van der Waals surface area (Å²) in [6.07, 6.45) is 0. The first kappa shape index (κ1) is 15.0. The molecule has 0 heterocycles. The number of nitrogens with two attached hydrogens (primary N) is 1. The summed E-state index contributed by atoms with van der Waals surface area (Å²) in [5.41, 5.74) is 8.01. The Kier molecular flexibility index (Phi) is 4.58. The average molecular weight is 286 g/mol. The Labute approximate surface area is 124 Å². The van der Waals surface area contributed by atoms with E-state index in [2.05, 4.69) is 0 Å². The number of benzene rings is 2. The summed E-state index contributed by atoms with van der Waals surface area (Å²) >= 11 is 0. The molecule has 0 aliphatic heterocycles. The van der Waals surface area contributed by atoms with Gasteiger partial charge in [0, 0.05) is 18.7 Å². The third-order valence-electron chi connectivity index (χ3n) is 3.37. The van der Waals surface area contributed by atoms with Crippen LogP contribution in [0.15, 0.2) is 42.5 Å². The lowest BCUT2D eigenvalue weighted by Crippen LogP contribution is -2.30. The van der Waals surface area contributed by atoms with Crippen LogP contribution in [0.5, 0.6) is 0 Å². The van der Waals surface area contributed by atoms with Crippen LogP contribution in [0.25, 0.3) is 0 Å². The standard InChI is InChI=1S/C17H19FN2O/c1-3-20(11-13-6-4-5-12(2)9-13)17(21)14-7-8-16(19)15(18)10-14/h4-10H,3,11,19H2,1-2H3. The maximum Gasteiger partial charge on any atom is 0.254 e. The van der Waals surface area contributed by atoms with Crippen LogP contribution in [0.4, 0.5) is 10.1 Å². The van der Waals surface area contributed by atoms with Gasteiger partial charge in [-0.05, 0) is 37.6 Å². The molecule has 0 aromatic heterocycles. The second-order valence-electron chi connectivity index (χ2n) is 5.04. The number of nitrogen functional groups attached to an aromatic ring is 1. The number of carbonyl (C=O) groups is 1. The molecule has 0 bridgehead atoms. The molecule has 0 unspecified atom stereocenters. The molecule has 1 amide bonds. The number of aryl methyl sites for hydroxylation is 1. The first-order chi connectivity index (χ1) is 10.0. The molecule has 0 radical (unpaired) electrons. The molecule has 0 fully saturated rings. The highest BCUT2D eigenvalue weighted by Crippen LogP contribution is 2.15. The Balaban J connectivity index is 2.20. The average Bonchev–Trinajstić information content (AvgIpc) is 2.47. The number of hydrogen-bond donors (Lipinski definition) is 1. The maximum atomic E-state index is 13.5. The van der Waals surface area contributed by atoms with E-state index in [0.29, 0.717) is 18.7 Å². The van der Waals surface area contributed by atoms with E-state index in [9.17, 15) is 9.18 Å². The molecular weight excluding hydrogens is 267 g/mol. The van der Waals surface area contributed by atoms with Gasteiger partial charge in [0.25, 0.3) is 5.91 Å². The van der Waals surface area contributed by atoms with Crippen LogP contribution >= 0.6 is 0 Å². The third-order valence-corrected chi connectivity index (χ3v) is 3.37. The molecule has 110 valence electrons. The van der Waals surface area contributed by atoms with Gasteiger partial charge in [-0.25, -0.2) is 4.39 Å². The molecule has 2 N–H and O–H groups in total. The summed E-state index contributed by atoms with van der Waals surface area (Å²) in [5.74, 6) is -0.759. The van der Waals surface area contributed by atoms with Gasteiger partial charge in [-0.3, -0.25) is 4.79 Å². The maximum absolute atomic E-state index is 13.5. The van der Waals surface area contributed by atoms with Gasteiger partial charge in [0.15, 0.2) is 0 Å². The van der Waals surface area contributed by atoms with Gasteiger partial charge in [-0.2, -0.15) is 0 Å². The van der Waals surface area contributed by atoms with Gasteiger partial charge in [-0.15, -0.1) is 0 Å². The molecular formula is C17H19FN2O. The van der Waals surface area contributed by atoms with E-state index in [0.717, 1.165) is 11.1 Å². The predicted molar refractivity (Wildman–Crippen MR) is 82.4 cm³/mol. The summed E-state index contributed by atoms with van der Waals surface area (Å²) in [6, 6.07) is 12.2. The van der Waals surface area contributed by atoms with E-state index in [-0.39, 0.29) is 11.6 Å². The van der Waals surface area contributed by atoms with Crippen molar-refractivity contribution in [2.24, 2.45) is 0 Å². The van der Waals surface area contributed by atoms with Gasteiger partial charge >= 0.3 is 0 Å². The molecule has 4 heteroatoms. The lowest BCUT2D eigenvalue weighted by molar-refractivity contribution is 0.0752. The Bertz CT molecular complexity index is 655. The summed E-state index contributed by atoms with van der Waals surface area (Å²) in [4.78, 5) is 14.1. The van der Waals surface area contributed by atoms with Crippen molar-refractivity contribution in [1.29, 1.82) is 0 Å². The number of carbonyl (C=O) groups excluding carboxylic acids is 1. The summed E-state index contributed by atoms with van der Waals surface area (Å²) in [7, 11) is 0. The lowest BCUT2D eigenvalue weighted by Gasteiger charge is -2.21. The van der Waals surface area contributed by atoms with Crippen LogP contribution in [0.3, 0.4) is 0 Å². The van der Waals surface area contributed by atoms with Gasteiger partial charge in [0.1, 0.15) is 5.82 Å². The van der Waals surface area contributed by atoms with Crippen LogP contribution < -0.4 is 5.73 Å². The smallest absolute Gasteiger partial charge is 0.254 e. The van der Waals surface area contributed by atoms with E-state index < -0.39 is 5.82 Å². The van der Waals surface area contributed by atoms with Crippen molar-refractivity contribution in [3.05, 3.63) is 65.0 Å². The number of nitrogens with zero attached hydrogens (tertiary/aromatic N) is 1. The van der Waals surface area contributed by atoms with E-state index in [4.69, 9.17) is 5.73 Å². The second-order valence-corrected chi connectivity index (χ2v) is 5.04. The molecule has 0 aliphatic rings. The number of hydrogen-bond acceptors (Lipinski definition) is 2. The Morgan fingerprint density at radius 1 is 1.24 bits per heavy atom. The van der Waals surface area contributed by atoms with Crippen molar-refractivity contribution in [3.8, 4) is 0 Å². The number of amides is 1. The van der Waals surface area contributed by atoms with Crippen LogP contribution in [-0.4, -0.2) is 17.4 Å². The SMILES string of the molecule is CCN(Cc1cccc(C)c1)C(=O)c1ccc(N)c(F)c1. The lowest BCUT2D eigenvalue weighted by atomic mass is 10.1. The molecule has 2 aromatic rings. The number of halogens is 1. The minimum Gasteiger partial charge on any atom is -0.396 e. The van der Waals surface area contributed by atoms with Crippen molar-refractivity contribution in [1.82, 2.24) is 4.90 Å². The summed E-state index contributed by atoms with van der Waals surface area (Å²) in [5, 5.41) is 0. The van der Waals surface area contributed by atoms with Crippen LogP contribution in [0.1, 0.15) is 28.4 Å². The van der Waals surface area contributed by atoms with Gasteiger partial charge in [-0.1, -0.05) is 29.8 Å². The predicted octanol–water partition coefficient (Wildman–Crippen LogP) is 3.38. The van der Waals surface area contributed by atoms with Crippen LogP contribution in [0.2, 0.25) is 0 Å².